The largest absolute Gasteiger partial charge is 0.493 e. The van der Waals surface area contributed by atoms with Crippen molar-refractivity contribution in [2.24, 2.45) is 7.05 Å². The minimum Gasteiger partial charge on any atom is -0.493 e. The smallest absolute Gasteiger partial charge is 0.203 e. The number of methoxy groups -OCH3 is 3. The third-order valence-electron chi connectivity index (χ3n) is 4.42. The van der Waals surface area contributed by atoms with Crippen molar-refractivity contribution in [3.05, 3.63) is 53.2 Å². The summed E-state index contributed by atoms with van der Waals surface area (Å²) in [5.41, 5.74) is 4.01. The number of aliphatic hydroxyl groups excluding tert-OH is 1. The molecule has 1 heterocycles. The molecule has 0 saturated carbocycles. The van der Waals surface area contributed by atoms with Crippen LogP contribution in [-0.4, -0.2) is 31.0 Å². The average molecular weight is 353 g/mol. The van der Waals surface area contributed by atoms with Crippen LogP contribution in [0.4, 0.5) is 0 Å². The van der Waals surface area contributed by atoms with E-state index in [4.69, 9.17) is 14.2 Å². The van der Waals surface area contributed by atoms with Gasteiger partial charge in [0.05, 0.1) is 27.9 Å². The van der Waals surface area contributed by atoms with Crippen LogP contribution >= 0.6 is 0 Å². The first-order valence-electron chi connectivity index (χ1n) is 8.28. The number of fused-ring (bicyclic) bond motifs is 1. The Labute approximate surface area is 153 Å². The second kappa shape index (κ2) is 7.54. The Kier molecular flexibility index (Phi) is 5.19. The molecule has 0 amide bonds. The summed E-state index contributed by atoms with van der Waals surface area (Å²) in [6.45, 7) is 0.0252. The SMILES string of the molecule is COc1cc(/C=C\c2ccc3c(c2)c(CO)cn3C)cc(OC)c1OC. The molecule has 136 valence electrons. The second-order valence-electron chi connectivity index (χ2n) is 5.99. The van der Waals surface area contributed by atoms with Gasteiger partial charge >= 0.3 is 0 Å². The van der Waals surface area contributed by atoms with Gasteiger partial charge in [-0.3, -0.25) is 0 Å². The number of aliphatic hydroxyl groups is 1. The lowest BCUT2D eigenvalue weighted by molar-refractivity contribution is 0.283. The first-order valence-corrected chi connectivity index (χ1v) is 8.28. The van der Waals surface area contributed by atoms with E-state index in [9.17, 15) is 5.11 Å². The Morgan fingerprint density at radius 3 is 2.15 bits per heavy atom. The molecule has 0 saturated heterocycles. The molecule has 0 aliphatic heterocycles. The van der Waals surface area contributed by atoms with Gasteiger partial charge in [0.15, 0.2) is 11.5 Å². The lowest BCUT2D eigenvalue weighted by atomic mass is 10.1. The van der Waals surface area contributed by atoms with E-state index in [-0.39, 0.29) is 6.61 Å². The van der Waals surface area contributed by atoms with Gasteiger partial charge < -0.3 is 23.9 Å². The van der Waals surface area contributed by atoms with E-state index in [1.165, 1.54) is 0 Å². The molecule has 26 heavy (non-hydrogen) atoms. The summed E-state index contributed by atoms with van der Waals surface area (Å²) < 4.78 is 18.2. The molecule has 1 aromatic heterocycles. The van der Waals surface area contributed by atoms with Crippen molar-refractivity contribution in [3.63, 3.8) is 0 Å². The summed E-state index contributed by atoms with van der Waals surface area (Å²) in [6, 6.07) is 9.99. The molecule has 0 aliphatic rings. The summed E-state index contributed by atoms with van der Waals surface area (Å²) in [7, 11) is 6.77. The molecule has 0 fully saturated rings. The minimum absolute atomic E-state index is 0.0252. The molecule has 0 unspecified atom stereocenters. The summed E-state index contributed by atoms with van der Waals surface area (Å²) in [5.74, 6) is 1.81. The monoisotopic (exact) mass is 353 g/mol. The zero-order valence-electron chi connectivity index (χ0n) is 15.4. The third-order valence-corrected chi connectivity index (χ3v) is 4.42. The predicted molar refractivity (Wildman–Crippen MR) is 104 cm³/mol. The fourth-order valence-corrected chi connectivity index (χ4v) is 3.11. The number of ether oxygens (including phenoxy) is 3. The highest BCUT2D eigenvalue weighted by molar-refractivity contribution is 5.87. The molecule has 3 aromatic rings. The Bertz CT molecular complexity index is 931. The Morgan fingerprint density at radius 2 is 1.58 bits per heavy atom. The van der Waals surface area contributed by atoms with E-state index in [2.05, 4.69) is 18.2 Å². The van der Waals surface area contributed by atoms with Crippen LogP contribution in [0, 0.1) is 0 Å². The number of hydrogen-bond donors (Lipinski definition) is 1. The molecule has 0 radical (unpaired) electrons. The Morgan fingerprint density at radius 1 is 0.923 bits per heavy atom. The highest BCUT2D eigenvalue weighted by Gasteiger charge is 2.12. The van der Waals surface area contributed by atoms with Crippen molar-refractivity contribution in [3.8, 4) is 17.2 Å². The van der Waals surface area contributed by atoms with Crippen molar-refractivity contribution in [1.82, 2.24) is 4.57 Å². The van der Waals surface area contributed by atoms with Crippen LogP contribution in [0.3, 0.4) is 0 Å². The van der Waals surface area contributed by atoms with Crippen LogP contribution in [0.1, 0.15) is 16.7 Å². The number of aromatic nitrogens is 1. The standard InChI is InChI=1S/C21H23NO4/c1-22-12-16(13-23)17-9-14(7-8-18(17)22)5-6-15-10-19(24-2)21(26-4)20(11-15)25-3/h5-12,23H,13H2,1-4H3/b6-5-. The quantitative estimate of drug-likeness (QED) is 0.684. The molecule has 0 spiro atoms. The van der Waals surface area contributed by atoms with Crippen molar-refractivity contribution in [2.45, 2.75) is 6.61 Å². The Balaban J connectivity index is 1.98. The number of benzene rings is 2. The molecular formula is C21H23NO4. The maximum atomic E-state index is 9.54. The molecule has 1 N–H and O–H groups in total. The highest BCUT2D eigenvalue weighted by atomic mass is 16.5. The maximum Gasteiger partial charge on any atom is 0.203 e. The van der Waals surface area contributed by atoms with Crippen LogP contribution in [0.25, 0.3) is 23.1 Å². The number of aryl methyl sites for hydroxylation is 1. The van der Waals surface area contributed by atoms with E-state index in [0.29, 0.717) is 17.2 Å². The molecule has 2 aromatic carbocycles. The average Bonchev–Trinajstić information content (AvgIpc) is 3.00. The van der Waals surface area contributed by atoms with Crippen LogP contribution in [0.2, 0.25) is 0 Å². The van der Waals surface area contributed by atoms with Crippen molar-refractivity contribution < 1.29 is 19.3 Å². The maximum absolute atomic E-state index is 9.54. The van der Waals surface area contributed by atoms with Crippen LogP contribution < -0.4 is 14.2 Å². The number of rotatable bonds is 6. The molecule has 0 aliphatic carbocycles. The van der Waals surface area contributed by atoms with Gasteiger partial charge in [-0.25, -0.2) is 0 Å². The van der Waals surface area contributed by atoms with E-state index < -0.39 is 0 Å². The van der Waals surface area contributed by atoms with Crippen LogP contribution in [0.5, 0.6) is 17.2 Å². The van der Waals surface area contributed by atoms with Gasteiger partial charge in [-0.2, -0.15) is 0 Å². The zero-order valence-corrected chi connectivity index (χ0v) is 15.4. The van der Waals surface area contributed by atoms with Gasteiger partial charge in [-0.1, -0.05) is 18.2 Å². The molecular weight excluding hydrogens is 330 g/mol. The molecule has 3 rings (SSSR count). The molecule has 5 nitrogen and oxygen atoms in total. The van der Waals surface area contributed by atoms with Crippen LogP contribution in [0.15, 0.2) is 36.5 Å². The number of hydrogen-bond acceptors (Lipinski definition) is 4. The third kappa shape index (κ3) is 3.26. The number of nitrogens with zero attached hydrogens (tertiary/aromatic N) is 1. The summed E-state index contributed by atoms with van der Waals surface area (Å²) >= 11 is 0. The Hall–Kier alpha value is -2.92. The fourth-order valence-electron chi connectivity index (χ4n) is 3.11. The van der Waals surface area contributed by atoms with E-state index in [1.54, 1.807) is 21.3 Å². The lowest BCUT2D eigenvalue weighted by Gasteiger charge is -2.12. The van der Waals surface area contributed by atoms with Crippen molar-refractivity contribution in [2.75, 3.05) is 21.3 Å². The topological polar surface area (TPSA) is 52.9 Å². The van der Waals surface area contributed by atoms with Gasteiger partial charge in [-0.05, 0) is 35.4 Å². The van der Waals surface area contributed by atoms with Crippen LogP contribution in [-0.2, 0) is 13.7 Å². The van der Waals surface area contributed by atoms with Gasteiger partial charge in [-0.15, -0.1) is 0 Å². The molecule has 5 heteroatoms. The van der Waals surface area contributed by atoms with Gasteiger partial charge in [0.2, 0.25) is 5.75 Å². The predicted octanol–water partition coefficient (Wildman–Crippen LogP) is 3.87. The van der Waals surface area contributed by atoms with Gasteiger partial charge in [0.1, 0.15) is 0 Å². The zero-order chi connectivity index (χ0) is 18.7. The van der Waals surface area contributed by atoms with Gasteiger partial charge in [0, 0.05) is 29.7 Å². The molecule has 0 bridgehead atoms. The van der Waals surface area contributed by atoms with E-state index in [1.807, 2.05) is 42.1 Å². The lowest BCUT2D eigenvalue weighted by Crippen LogP contribution is -1.95. The highest BCUT2D eigenvalue weighted by Crippen LogP contribution is 2.38. The van der Waals surface area contributed by atoms with Crippen molar-refractivity contribution >= 4 is 23.1 Å². The first kappa shape index (κ1) is 17.9. The first-order chi connectivity index (χ1) is 12.6. The fraction of sp³-hybridized carbons (Fsp3) is 0.238. The van der Waals surface area contributed by atoms with Crippen molar-refractivity contribution in [1.29, 1.82) is 0 Å². The molecule has 0 atom stereocenters. The summed E-state index contributed by atoms with van der Waals surface area (Å²) in [5, 5.41) is 10.6. The van der Waals surface area contributed by atoms with E-state index >= 15 is 0 Å². The normalized spacial score (nSPS) is 11.3. The summed E-state index contributed by atoms with van der Waals surface area (Å²) in [4.78, 5) is 0. The second-order valence-corrected chi connectivity index (χ2v) is 5.99. The summed E-state index contributed by atoms with van der Waals surface area (Å²) in [6.07, 6.45) is 5.97. The van der Waals surface area contributed by atoms with E-state index in [0.717, 1.165) is 27.6 Å². The minimum atomic E-state index is 0.0252. The van der Waals surface area contributed by atoms with Gasteiger partial charge in [0.25, 0.3) is 0 Å².